The van der Waals surface area contributed by atoms with E-state index < -0.39 is 5.97 Å². The molecule has 31 heavy (non-hydrogen) atoms. The molecule has 8 heteroatoms. The summed E-state index contributed by atoms with van der Waals surface area (Å²) >= 11 is 2.85. The molecule has 5 rings (SSSR count). The van der Waals surface area contributed by atoms with Crippen molar-refractivity contribution in [1.29, 1.82) is 0 Å². The lowest BCUT2D eigenvalue weighted by Crippen LogP contribution is -2.19. The fourth-order valence-corrected chi connectivity index (χ4v) is 5.74. The van der Waals surface area contributed by atoms with Crippen LogP contribution in [0.2, 0.25) is 0 Å². The lowest BCUT2D eigenvalue weighted by Gasteiger charge is -2.10. The van der Waals surface area contributed by atoms with E-state index in [2.05, 4.69) is 4.98 Å². The predicted molar refractivity (Wildman–Crippen MR) is 119 cm³/mol. The van der Waals surface area contributed by atoms with Gasteiger partial charge in [0, 0.05) is 22.2 Å². The fourth-order valence-electron chi connectivity index (χ4n) is 3.83. The zero-order valence-corrected chi connectivity index (χ0v) is 18.1. The lowest BCUT2D eigenvalue weighted by atomic mass is 10.0. The molecular formula is C23H18N2O4S2. The van der Waals surface area contributed by atoms with Crippen LogP contribution >= 0.6 is 22.7 Å². The second kappa shape index (κ2) is 8.20. The SMILES string of the molecule is O=C(OCc1cc(=O)n2c3c(sc2n1)CCCC3)c1ccccc1C(=O)c1cccs1. The maximum Gasteiger partial charge on any atom is 0.339 e. The third-order valence-corrected chi connectivity index (χ3v) is 7.31. The molecule has 0 aliphatic heterocycles. The first-order chi connectivity index (χ1) is 15.1. The molecule has 0 atom stereocenters. The van der Waals surface area contributed by atoms with Crippen LogP contribution in [0, 0.1) is 0 Å². The minimum Gasteiger partial charge on any atom is -0.456 e. The Kier molecular flexibility index (Phi) is 5.25. The van der Waals surface area contributed by atoms with Crippen molar-refractivity contribution in [3.05, 3.63) is 90.5 Å². The molecule has 0 bridgehead atoms. The number of benzene rings is 1. The maximum absolute atomic E-state index is 12.7. The molecule has 1 aliphatic rings. The van der Waals surface area contributed by atoms with Gasteiger partial charge in [-0.15, -0.1) is 22.7 Å². The highest BCUT2D eigenvalue weighted by atomic mass is 32.1. The van der Waals surface area contributed by atoms with E-state index in [1.807, 2.05) is 5.38 Å². The third kappa shape index (κ3) is 3.73. The molecule has 0 radical (unpaired) electrons. The number of rotatable bonds is 5. The number of hydrogen-bond donors (Lipinski definition) is 0. The first-order valence-electron chi connectivity index (χ1n) is 9.99. The fraction of sp³-hybridized carbons (Fsp3) is 0.217. The van der Waals surface area contributed by atoms with E-state index in [1.54, 1.807) is 40.8 Å². The molecule has 1 aliphatic carbocycles. The number of nitrogens with zero attached hydrogens (tertiary/aromatic N) is 2. The van der Waals surface area contributed by atoms with Gasteiger partial charge < -0.3 is 4.74 Å². The summed E-state index contributed by atoms with van der Waals surface area (Å²) in [5, 5.41) is 1.82. The molecule has 156 valence electrons. The molecule has 0 fully saturated rings. The Bertz CT molecular complexity index is 1350. The Balaban J connectivity index is 1.38. The van der Waals surface area contributed by atoms with Gasteiger partial charge in [-0.25, -0.2) is 9.78 Å². The Hall–Kier alpha value is -3.10. The third-order valence-electron chi connectivity index (χ3n) is 5.30. The molecule has 0 saturated carbocycles. The average Bonchev–Trinajstić information content (AvgIpc) is 3.45. The van der Waals surface area contributed by atoms with Gasteiger partial charge in [-0.3, -0.25) is 14.0 Å². The van der Waals surface area contributed by atoms with Crippen molar-refractivity contribution in [2.24, 2.45) is 0 Å². The summed E-state index contributed by atoms with van der Waals surface area (Å²) in [6, 6.07) is 11.5. The summed E-state index contributed by atoms with van der Waals surface area (Å²) < 4.78 is 7.11. The quantitative estimate of drug-likeness (QED) is 0.335. The summed E-state index contributed by atoms with van der Waals surface area (Å²) in [6.07, 6.45) is 4.07. The lowest BCUT2D eigenvalue weighted by molar-refractivity contribution is 0.0465. The number of thiophene rings is 1. The van der Waals surface area contributed by atoms with E-state index >= 15 is 0 Å². The normalized spacial score (nSPS) is 13.2. The maximum atomic E-state index is 12.7. The van der Waals surface area contributed by atoms with Gasteiger partial charge in [0.1, 0.15) is 6.61 Å². The van der Waals surface area contributed by atoms with E-state index in [1.165, 1.54) is 33.6 Å². The van der Waals surface area contributed by atoms with Crippen LogP contribution in [0.5, 0.6) is 0 Å². The Morgan fingerprint density at radius 3 is 2.68 bits per heavy atom. The minimum atomic E-state index is -0.618. The van der Waals surface area contributed by atoms with Crippen LogP contribution in [0.3, 0.4) is 0 Å². The highest BCUT2D eigenvalue weighted by Crippen LogP contribution is 2.28. The first-order valence-corrected chi connectivity index (χ1v) is 11.7. The van der Waals surface area contributed by atoms with Crippen molar-refractivity contribution < 1.29 is 14.3 Å². The van der Waals surface area contributed by atoms with Crippen molar-refractivity contribution in [3.8, 4) is 0 Å². The molecule has 0 unspecified atom stereocenters. The van der Waals surface area contributed by atoms with Crippen LogP contribution < -0.4 is 5.56 Å². The average molecular weight is 451 g/mol. The van der Waals surface area contributed by atoms with Crippen LogP contribution in [0.1, 0.15) is 54.7 Å². The van der Waals surface area contributed by atoms with E-state index in [0.29, 0.717) is 21.1 Å². The van der Waals surface area contributed by atoms with Gasteiger partial charge in [0.15, 0.2) is 4.96 Å². The Morgan fingerprint density at radius 1 is 1.06 bits per heavy atom. The topological polar surface area (TPSA) is 77.7 Å². The van der Waals surface area contributed by atoms with Crippen LogP contribution in [-0.2, 0) is 24.2 Å². The van der Waals surface area contributed by atoms with Gasteiger partial charge in [-0.2, -0.15) is 0 Å². The van der Waals surface area contributed by atoms with Crippen molar-refractivity contribution in [2.75, 3.05) is 0 Å². The number of ether oxygens (including phenoxy) is 1. The number of carbonyl (C=O) groups excluding carboxylic acids is 2. The molecule has 0 amide bonds. The highest BCUT2D eigenvalue weighted by Gasteiger charge is 2.21. The van der Waals surface area contributed by atoms with Gasteiger partial charge in [-0.05, 0) is 43.2 Å². The minimum absolute atomic E-state index is 0.130. The summed E-state index contributed by atoms with van der Waals surface area (Å²) in [4.78, 5) is 45.1. The summed E-state index contributed by atoms with van der Waals surface area (Å²) in [7, 11) is 0. The number of hydrogen-bond acceptors (Lipinski definition) is 7. The van der Waals surface area contributed by atoms with Crippen molar-refractivity contribution in [3.63, 3.8) is 0 Å². The van der Waals surface area contributed by atoms with E-state index in [-0.39, 0.29) is 23.5 Å². The van der Waals surface area contributed by atoms with E-state index in [4.69, 9.17) is 4.74 Å². The number of fused-ring (bicyclic) bond motifs is 3. The molecule has 3 heterocycles. The van der Waals surface area contributed by atoms with Gasteiger partial charge >= 0.3 is 5.97 Å². The zero-order chi connectivity index (χ0) is 21.4. The van der Waals surface area contributed by atoms with Gasteiger partial charge in [0.25, 0.3) is 5.56 Å². The second-order valence-electron chi connectivity index (χ2n) is 7.31. The summed E-state index contributed by atoms with van der Waals surface area (Å²) in [5.41, 5.74) is 1.81. The number of aromatic nitrogens is 2. The number of carbonyl (C=O) groups is 2. The van der Waals surface area contributed by atoms with Crippen LogP contribution in [0.15, 0.2) is 52.6 Å². The second-order valence-corrected chi connectivity index (χ2v) is 9.32. The Morgan fingerprint density at radius 2 is 1.87 bits per heavy atom. The first kappa shape index (κ1) is 19.8. The summed E-state index contributed by atoms with van der Waals surface area (Å²) in [6.45, 7) is -0.130. The highest BCUT2D eigenvalue weighted by molar-refractivity contribution is 7.17. The van der Waals surface area contributed by atoms with Crippen LogP contribution in [0.25, 0.3) is 4.96 Å². The van der Waals surface area contributed by atoms with Gasteiger partial charge in [0.05, 0.1) is 16.1 Å². The van der Waals surface area contributed by atoms with Crippen LogP contribution in [-0.4, -0.2) is 21.1 Å². The standard InChI is InChI=1S/C23H18N2O4S2/c26-20-12-14(24-23-25(20)17-8-3-4-9-18(17)31-23)13-29-22(28)16-7-2-1-6-15(16)21(27)19-10-5-11-30-19/h1-2,5-7,10-12H,3-4,8-9,13H2. The molecule has 0 spiro atoms. The van der Waals surface area contributed by atoms with E-state index in [0.717, 1.165) is 31.4 Å². The smallest absolute Gasteiger partial charge is 0.339 e. The van der Waals surface area contributed by atoms with E-state index in [9.17, 15) is 14.4 Å². The Labute approximate surface area is 185 Å². The molecule has 4 aromatic rings. The molecule has 6 nitrogen and oxygen atoms in total. The largest absolute Gasteiger partial charge is 0.456 e. The molecule has 1 aromatic carbocycles. The van der Waals surface area contributed by atoms with Crippen LogP contribution in [0.4, 0.5) is 0 Å². The van der Waals surface area contributed by atoms with Gasteiger partial charge in [0.2, 0.25) is 5.78 Å². The molecule has 0 N–H and O–H groups in total. The van der Waals surface area contributed by atoms with Crippen molar-refractivity contribution in [2.45, 2.75) is 32.3 Å². The molecule has 3 aromatic heterocycles. The van der Waals surface area contributed by atoms with Crippen molar-refractivity contribution >= 4 is 39.4 Å². The monoisotopic (exact) mass is 450 g/mol. The number of esters is 1. The zero-order valence-electron chi connectivity index (χ0n) is 16.5. The molecular weight excluding hydrogens is 432 g/mol. The number of thiazole rings is 1. The molecule has 0 saturated heterocycles. The summed E-state index contributed by atoms with van der Waals surface area (Å²) in [5.74, 6) is -0.836. The predicted octanol–water partition coefficient (Wildman–Crippen LogP) is 4.28. The number of ketones is 1. The number of aryl methyl sites for hydroxylation is 2. The van der Waals surface area contributed by atoms with Crippen molar-refractivity contribution in [1.82, 2.24) is 9.38 Å². The van der Waals surface area contributed by atoms with Gasteiger partial charge in [-0.1, -0.05) is 24.3 Å².